The molecule has 23 heavy (non-hydrogen) atoms. The lowest BCUT2D eigenvalue weighted by Gasteiger charge is -2.10. The molecule has 0 atom stereocenters. The molecule has 0 saturated heterocycles. The summed E-state index contributed by atoms with van der Waals surface area (Å²) < 4.78 is 2.10. The van der Waals surface area contributed by atoms with Crippen LogP contribution in [0.1, 0.15) is 25.3 Å². The third kappa shape index (κ3) is 2.97. The van der Waals surface area contributed by atoms with Crippen molar-refractivity contribution in [2.45, 2.75) is 26.7 Å². The number of hydrogen-bond donors (Lipinski definition) is 1. The Labute approximate surface area is 136 Å². The molecule has 1 aromatic heterocycles. The summed E-state index contributed by atoms with van der Waals surface area (Å²) >= 11 is 0. The van der Waals surface area contributed by atoms with Crippen LogP contribution in [0.15, 0.2) is 42.5 Å². The van der Waals surface area contributed by atoms with Crippen molar-refractivity contribution in [1.82, 2.24) is 9.55 Å². The Morgan fingerprint density at radius 2 is 2.00 bits per heavy atom. The molecule has 0 aliphatic rings. The van der Waals surface area contributed by atoms with Crippen molar-refractivity contribution in [3.63, 3.8) is 0 Å². The van der Waals surface area contributed by atoms with E-state index in [0.29, 0.717) is 6.42 Å². The summed E-state index contributed by atoms with van der Waals surface area (Å²) in [7, 11) is 2.02. The molecule has 118 valence electrons. The molecule has 0 aliphatic heterocycles. The lowest BCUT2D eigenvalue weighted by atomic mass is 10.1. The molecule has 0 spiro atoms. The number of fused-ring (bicyclic) bond motifs is 1. The van der Waals surface area contributed by atoms with E-state index < -0.39 is 0 Å². The van der Waals surface area contributed by atoms with E-state index in [0.717, 1.165) is 40.1 Å². The van der Waals surface area contributed by atoms with E-state index in [1.54, 1.807) is 0 Å². The van der Waals surface area contributed by atoms with Gasteiger partial charge in [0.1, 0.15) is 5.82 Å². The Morgan fingerprint density at radius 3 is 2.70 bits per heavy atom. The van der Waals surface area contributed by atoms with Crippen LogP contribution in [-0.2, 0) is 11.8 Å². The highest BCUT2D eigenvalue weighted by atomic mass is 16.1. The van der Waals surface area contributed by atoms with E-state index in [9.17, 15) is 4.79 Å². The highest BCUT2D eigenvalue weighted by molar-refractivity contribution is 5.92. The fourth-order valence-corrected chi connectivity index (χ4v) is 2.79. The van der Waals surface area contributed by atoms with Crippen LogP contribution >= 0.6 is 0 Å². The number of hydrogen-bond acceptors (Lipinski definition) is 2. The number of amides is 1. The number of aromatic nitrogens is 2. The van der Waals surface area contributed by atoms with Gasteiger partial charge in [0.15, 0.2) is 0 Å². The fraction of sp³-hybridized carbons (Fsp3) is 0.263. The molecule has 3 rings (SSSR count). The summed E-state index contributed by atoms with van der Waals surface area (Å²) in [6, 6.07) is 14.1. The minimum Gasteiger partial charge on any atom is -0.327 e. The third-order valence-electron chi connectivity index (χ3n) is 4.02. The first-order valence-corrected chi connectivity index (χ1v) is 7.92. The second-order valence-corrected chi connectivity index (χ2v) is 5.81. The first-order valence-electron chi connectivity index (χ1n) is 7.92. The first-order chi connectivity index (χ1) is 11.1. The van der Waals surface area contributed by atoms with Crippen LogP contribution in [0.4, 0.5) is 5.69 Å². The van der Waals surface area contributed by atoms with Crippen LogP contribution in [0.5, 0.6) is 0 Å². The van der Waals surface area contributed by atoms with Gasteiger partial charge in [-0.25, -0.2) is 4.98 Å². The molecular weight excluding hydrogens is 286 g/mol. The van der Waals surface area contributed by atoms with Gasteiger partial charge < -0.3 is 9.88 Å². The molecule has 4 heteroatoms. The molecule has 3 aromatic rings. The van der Waals surface area contributed by atoms with Crippen molar-refractivity contribution in [3.05, 3.63) is 48.0 Å². The lowest BCUT2D eigenvalue weighted by molar-refractivity contribution is -0.116. The van der Waals surface area contributed by atoms with Crippen molar-refractivity contribution < 1.29 is 4.79 Å². The molecule has 0 fully saturated rings. The second-order valence-electron chi connectivity index (χ2n) is 5.81. The monoisotopic (exact) mass is 307 g/mol. The summed E-state index contributed by atoms with van der Waals surface area (Å²) in [5.74, 6) is 0.992. The molecule has 1 heterocycles. The van der Waals surface area contributed by atoms with Crippen LogP contribution < -0.4 is 5.32 Å². The largest absolute Gasteiger partial charge is 0.327 e. The average Bonchev–Trinajstić information content (AvgIpc) is 2.87. The van der Waals surface area contributed by atoms with Gasteiger partial charge in [-0.15, -0.1) is 0 Å². The Morgan fingerprint density at radius 1 is 1.22 bits per heavy atom. The van der Waals surface area contributed by atoms with Crippen LogP contribution in [-0.4, -0.2) is 15.5 Å². The van der Waals surface area contributed by atoms with Crippen LogP contribution in [0.25, 0.3) is 22.4 Å². The molecule has 0 saturated carbocycles. The maximum atomic E-state index is 11.8. The van der Waals surface area contributed by atoms with Gasteiger partial charge in [-0.05, 0) is 49.2 Å². The molecule has 0 bridgehead atoms. The van der Waals surface area contributed by atoms with Crippen molar-refractivity contribution in [2.24, 2.45) is 7.05 Å². The van der Waals surface area contributed by atoms with E-state index in [4.69, 9.17) is 4.98 Å². The van der Waals surface area contributed by atoms with Crippen molar-refractivity contribution in [1.29, 1.82) is 0 Å². The van der Waals surface area contributed by atoms with Crippen LogP contribution in [0, 0.1) is 6.92 Å². The number of benzene rings is 2. The normalized spacial score (nSPS) is 10.9. The zero-order valence-electron chi connectivity index (χ0n) is 13.8. The maximum absolute atomic E-state index is 11.8. The molecule has 1 N–H and O–H groups in total. The highest BCUT2D eigenvalue weighted by Gasteiger charge is 2.11. The van der Waals surface area contributed by atoms with E-state index in [1.165, 1.54) is 0 Å². The van der Waals surface area contributed by atoms with Gasteiger partial charge in [-0.1, -0.05) is 19.1 Å². The number of carbonyl (C=O) groups is 1. The maximum Gasteiger partial charge on any atom is 0.224 e. The first kappa shape index (κ1) is 15.3. The zero-order chi connectivity index (χ0) is 16.4. The van der Waals surface area contributed by atoms with Gasteiger partial charge in [0.25, 0.3) is 0 Å². The Kier molecular flexibility index (Phi) is 4.15. The fourth-order valence-electron chi connectivity index (χ4n) is 2.79. The van der Waals surface area contributed by atoms with E-state index in [1.807, 2.05) is 51.2 Å². The van der Waals surface area contributed by atoms with Crippen molar-refractivity contribution >= 4 is 22.6 Å². The van der Waals surface area contributed by atoms with Gasteiger partial charge in [-0.2, -0.15) is 0 Å². The SMILES string of the molecule is CCCC(=O)Nc1ccc(-c2nc3ccccc3n2C)cc1C. The molecule has 0 unspecified atom stereocenters. The minimum atomic E-state index is 0.0612. The van der Waals surface area contributed by atoms with E-state index in [-0.39, 0.29) is 5.91 Å². The van der Waals surface area contributed by atoms with Crippen molar-refractivity contribution in [3.8, 4) is 11.4 Å². The molecule has 2 aromatic carbocycles. The third-order valence-corrected chi connectivity index (χ3v) is 4.02. The molecule has 1 amide bonds. The summed E-state index contributed by atoms with van der Waals surface area (Å²) in [5.41, 5.74) is 5.06. The quantitative estimate of drug-likeness (QED) is 0.781. The molecule has 4 nitrogen and oxygen atoms in total. The summed E-state index contributed by atoms with van der Waals surface area (Å²) in [5, 5.41) is 2.96. The number of rotatable bonds is 4. The van der Waals surface area contributed by atoms with Crippen LogP contribution in [0.2, 0.25) is 0 Å². The summed E-state index contributed by atoms with van der Waals surface area (Å²) in [4.78, 5) is 16.5. The van der Waals surface area contributed by atoms with Gasteiger partial charge in [-0.3, -0.25) is 4.79 Å². The smallest absolute Gasteiger partial charge is 0.224 e. The average molecular weight is 307 g/mol. The van der Waals surface area contributed by atoms with Gasteiger partial charge >= 0.3 is 0 Å². The number of nitrogens with one attached hydrogen (secondary N) is 1. The molecular formula is C19H21N3O. The van der Waals surface area contributed by atoms with Gasteiger partial charge in [0.2, 0.25) is 5.91 Å². The minimum absolute atomic E-state index is 0.0612. The lowest BCUT2D eigenvalue weighted by Crippen LogP contribution is -2.11. The van der Waals surface area contributed by atoms with Crippen molar-refractivity contribution in [2.75, 3.05) is 5.32 Å². The van der Waals surface area contributed by atoms with Crippen LogP contribution in [0.3, 0.4) is 0 Å². The summed E-state index contributed by atoms with van der Waals surface area (Å²) in [6.07, 6.45) is 1.40. The Hall–Kier alpha value is -2.62. The molecule has 0 aliphatic carbocycles. The number of aryl methyl sites for hydroxylation is 2. The number of imidazole rings is 1. The highest BCUT2D eigenvalue weighted by Crippen LogP contribution is 2.27. The standard InChI is InChI=1S/C19H21N3O/c1-4-7-18(23)20-15-11-10-14(12-13(15)2)19-21-16-8-5-6-9-17(16)22(19)3/h5-6,8-12H,4,7H2,1-3H3,(H,20,23). The number of anilines is 1. The predicted octanol–water partition coefficient (Wildman–Crippen LogP) is 4.29. The number of nitrogens with zero attached hydrogens (tertiary/aromatic N) is 2. The zero-order valence-corrected chi connectivity index (χ0v) is 13.8. The number of para-hydroxylation sites is 2. The topological polar surface area (TPSA) is 46.9 Å². The van der Waals surface area contributed by atoms with Gasteiger partial charge in [0.05, 0.1) is 11.0 Å². The van der Waals surface area contributed by atoms with Gasteiger partial charge in [0, 0.05) is 24.7 Å². The second kappa shape index (κ2) is 6.24. The van der Waals surface area contributed by atoms with E-state index >= 15 is 0 Å². The predicted molar refractivity (Wildman–Crippen MR) is 94.4 cm³/mol. The Bertz CT molecular complexity index is 864. The Balaban J connectivity index is 1.95. The number of carbonyl (C=O) groups excluding carboxylic acids is 1. The summed E-state index contributed by atoms with van der Waals surface area (Å²) in [6.45, 7) is 4.01. The molecule has 0 radical (unpaired) electrons. The van der Waals surface area contributed by atoms with E-state index in [2.05, 4.69) is 22.0 Å².